The Hall–Kier alpha value is -7.89. The third-order valence-corrected chi connectivity index (χ3v) is 12.2. The van der Waals surface area contributed by atoms with E-state index in [4.69, 9.17) is 4.98 Å². The zero-order valence-corrected chi connectivity index (χ0v) is 31.3. The molecular weight excluding hydrogens is 707 g/mol. The second-order valence-corrected chi connectivity index (χ2v) is 15.2. The molecule has 0 radical (unpaired) electrons. The first-order chi connectivity index (χ1) is 28.8. The Morgan fingerprint density at radius 2 is 0.638 bits per heavy atom. The van der Waals surface area contributed by atoms with Crippen molar-refractivity contribution in [1.29, 1.82) is 0 Å². The summed E-state index contributed by atoms with van der Waals surface area (Å²) < 4.78 is 9.52. The molecule has 0 saturated heterocycles. The molecule has 0 unspecified atom stereocenters. The maximum atomic E-state index is 5.47. The quantitative estimate of drug-likeness (QED) is 0.177. The van der Waals surface area contributed by atoms with E-state index in [1.54, 1.807) is 0 Å². The van der Waals surface area contributed by atoms with Crippen LogP contribution in [-0.2, 0) is 0 Å². The van der Waals surface area contributed by atoms with Crippen molar-refractivity contribution in [2.24, 2.45) is 0 Å². The Balaban J connectivity index is 1.09. The van der Waals surface area contributed by atoms with Gasteiger partial charge in [-0.1, -0.05) is 127 Å². The molecule has 0 aliphatic carbocycles. The number of para-hydroxylation sites is 6. The summed E-state index contributed by atoms with van der Waals surface area (Å²) in [5, 5.41) is 9.80. The van der Waals surface area contributed by atoms with Gasteiger partial charge in [-0.05, 0) is 72.8 Å². The molecule has 0 atom stereocenters. The van der Waals surface area contributed by atoms with Gasteiger partial charge in [0.05, 0.1) is 44.1 Å². The van der Waals surface area contributed by atoms with E-state index in [0.717, 1.165) is 45.1 Å². The van der Waals surface area contributed by atoms with Crippen molar-refractivity contribution >= 4 is 87.2 Å². The summed E-state index contributed by atoms with van der Waals surface area (Å²) in [6.45, 7) is 0. The molecule has 0 spiro atoms. The zero-order chi connectivity index (χ0) is 37.9. The minimum Gasteiger partial charge on any atom is -0.309 e. The van der Waals surface area contributed by atoms with Crippen LogP contribution in [0.1, 0.15) is 0 Å². The average Bonchev–Trinajstić information content (AvgIpc) is 4.01. The number of aromatic nitrogens is 5. The fourth-order valence-corrected chi connectivity index (χ4v) is 9.83. The van der Waals surface area contributed by atoms with E-state index in [0.29, 0.717) is 0 Å². The van der Waals surface area contributed by atoms with Gasteiger partial charge >= 0.3 is 0 Å². The van der Waals surface area contributed by atoms with Crippen molar-refractivity contribution < 1.29 is 0 Å². The lowest BCUT2D eigenvalue weighted by atomic mass is 10.1. The molecule has 13 aromatic rings. The molecule has 0 saturated carbocycles. The predicted molar refractivity (Wildman–Crippen MR) is 242 cm³/mol. The highest BCUT2D eigenvalue weighted by Gasteiger charge is 2.22. The Morgan fingerprint density at radius 3 is 1.17 bits per heavy atom. The van der Waals surface area contributed by atoms with Gasteiger partial charge in [0.15, 0.2) is 0 Å². The van der Waals surface area contributed by atoms with Crippen LogP contribution in [-0.4, -0.2) is 23.3 Å². The maximum Gasteiger partial charge on any atom is 0.140 e. The Bertz CT molecular complexity index is 3710. The largest absolute Gasteiger partial charge is 0.309 e. The molecule has 0 aliphatic heterocycles. The number of benzene rings is 8. The van der Waals surface area contributed by atoms with Crippen LogP contribution in [0, 0.1) is 0 Å². The first-order valence-electron chi connectivity index (χ1n) is 19.8. The van der Waals surface area contributed by atoms with Gasteiger partial charge < -0.3 is 9.13 Å². The third kappa shape index (κ3) is 4.22. The lowest BCUT2D eigenvalue weighted by Gasteiger charge is -2.13. The van der Waals surface area contributed by atoms with Crippen molar-refractivity contribution in [2.45, 2.75) is 0 Å². The minimum absolute atomic E-state index is 0.876. The summed E-state index contributed by atoms with van der Waals surface area (Å²) in [6, 6.07) is 72.3. The van der Waals surface area contributed by atoms with Crippen LogP contribution >= 0.6 is 0 Å². The van der Waals surface area contributed by atoms with Gasteiger partial charge in [-0.15, -0.1) is 0 Å². The van der Waals surface area contributed by atoms with Crippen LogP contribution in [0.15, 0.2) is 200 Å². The number of pyridine rings is 1. The van der Waals surface area contributed by atoms with Crippen LogP contribution in [0.3, 0.4) is 0 Å². The minimum atomic E-state index is 0.876. The van der Waals surface area contributed by atoms with E-state index in [-0.39, 0.29) is 0 Å². The fraction of sp³-hybridized carbons (Fsp3) is 0. The number of hydrogen-bond donors (Lipinski definition) is 0. The summed E-state index contributed by atoms with van der Waals surface area (Å²) in [4.78, 5) is 5.47. The van der Waals surface area contributed by atoms with Gasteiger partial charge in [0.25, 0.3) is 0 Å². The molecule has 0 bridgehead atoms. The Morgan fingerprint density at radius 1 is 0.259 bits per heavy atom. The highest BCUT2D eigenvalue weighted by atomic mass is 15.1. The van der Waals surface area contributed by atoms with E-state index in [1.807, 2.05) is 0 Å². The molecular formula is C53H33N5. The molecule has 5 aromatic heterocycles. The Kier molecular flexibility index (Phi) is 6.38. The van der Waals surface area contributed by atoms with Crippen molar-refractivity contribution in [3.63, 3.8) is 0 Å². The van der Waals surface area contributed by atoms with Crippen molar-refractivity contribution in [3.05, 3.63) is 200 Å². The van der Waals surface area contributed by atoms with Gasteiger partial charge in [0, 0.05) is 54.5 Å². The summed E-state index contributed by atoms with van der Waals surface area (Å²) in [6.07, 6.45) is 0. The normalized spacial score (nSPS) is 12.1. The molecule has 5 heterocycles. The van der Waals surface area contributed by atoms with Gasteiger partial charge in [-0.25, -0.2) is 4.98 Å². The first-order valence-corrected chi connectivity index (χ1v) is 19.8. The molecule has 0 aliphatic rings. The highest BCUT2D eigenvalue weighted by Crippen LogP contribution is 2.43. The summed E-state index contributed by atoms with van der Waals surface area (Å²) in [5.41, 5.74) is 11.5. The van der Waals surface area contributed by atoms with Crippen LogP contribution in [0.4, 0.5) is 0 Å². The van der Waals surface area contributed by atoms with Gasteiger partial charge in [-0.3, -0.25) is 9.13 Å². The molecule has 5 nitrogen and oxygen atoms in total. The lowest BCUT2D eigenvalue weighted by molar-refractivity contribution is 1.01. The van der Waals surface area contributed by atoms with Crippen LogP contribution in [0.2, 0.25) is 0 Å². The molecule has 270 valence electrons. The Labute approximate surface area is 332 Å². The number of rotatable bonds is 4. The van der Waals surface area contributed by atoms with Gasteiger partial charge in [0.2, 0.25) is 0 Å². The third-order valence-electron chi connectivity index (χ3n) is 12.2. The smallest absolute Gasteiger partial charge is 0.140 e. The maximum absolute atomic E-state index is 5.47. The second-order valence-electron chi connectivity index (χ2n) is 15.2. The van der Waals surface area contributed by atoms with Crippen molar-refractivity contribution in [2.75, 3.05) is 0 Å². The lowest BCUT2D eigenvalue weighted by Crippen LogP contribution is -2.03. The number of fused-ring (bicyclic) bond motifs is 13. The summed E-state index contributed by atoms with van der Waals surface area (Å²) >= 11 is 0. The number of hydrogen-bond acceptors (Lipinski definition) is 1. The standard InChI is InChI=1S/C53H33N5/c1-7-23-43-36(17-1)37-18-2-8-24-44(37)55(43)34-15-13-16-35(33-34)56-45-25-9-5-21-40(45)41-31-32-49-52(53(41)56)42-22-6-12-28-48(42)58(49)51-30-14-29-50(54-51)57-46-26-10-3-19-38(46)39-20-4-11-27-47(39)57/h1-33H. The SMILES string of the molecule is c1cc(-n2c3ccccc3c3ccccc32)cc(-n2c3ccccc3c3ccc4c(c5ccccc5n4-c4cccc(-n5c6ccccc6c6ccccc65)n4)c32)c1. The van der Waals surface area contributed by atoms with Crippen LogP contribution in [0.25, 0.3) is 110 Å². The molecule has 13 rings (SSSR count). The van der Waals surface area contributed by atoms with E-state index in [9.17, 15) is 0 Å². The van der Waals surface area contributed by atoms with Crippen molar-refractivity contribution in [3.8, 4) is 23.0 Å². The molecule has 0 fully saturated rings. The molecule has 8 aromatic carbocycles. The fourth-order valence-electron chi connectivity index (χ4n) is 9.83. The summed E-state index contributed by atoms with van der Waals surface area (Å²) in [5.74, 6) is 1.76. The van der Waals surface area contributed by atoms with E-state index < -0.39 is 0 Å². The second kappa shape index (κ2) is 11.8. The predicted octanol–water partition coefficient (Wildman–Crippen LogP) is 13.5. The molecule has 0 N–H and O–H groups in total. The molecule has 58 heavy (non-hydrogen) atoms. The molecule has 0 amide bonds. The van der Waals surface area contributed by atoms with Crippen LogP contribution in [0.5, 0.6) is 0 Å². The molecule has 5 heteroatoms. The van der Waals surface area contributed by atoms with Crippen LogP contribution < -0.4 is 0 Å². The monoisotopic (exact) mass is 739 g/mol. The average molecular weight is 740 g/mol. The van der Waals surface area contributed by atoms with E-state index in [1.165, 1.54) is 65.2 Å². The van der Waals surface area contributed by atoms with Crippen molar-refractivity contribution in [1.82, 2.24) is 23.3 Å². The first kappa shape index (κ1) is 31.3. The topological polar surface area (TPSA) is 32.6 Å². The van der Waals surface area contributed by atoms with E-state index >= 15 is 0 Å². The summed E-state index contributed by atoms with van der Waals surface area (Å²) in [7, 11) is 0. The zero-order valence-electron chi connectivity index (χ0n) is 31.3. The number of nitrogens with zero attached hydrogens (tertiary/aromatic N) is 5. The highest BCUT2D eigenvalue weighted by molar-refractivity contribution is 6.26. The van der Waals surface area contributed by atoms with Gasteiger partial charge in [0.1, 0.15) is 11.6 Å². The van der Waals surface area contributed by atoms with E-state index in [2.05, 4.69) is 218 Å². The van der Waals surface area contributed by atoms with Gasteiger partial charge in [-0.2, -0.15) is 0 Å².